The predicted molar refractivity (Wildman–Crippen MR) is 60.9 cm³/mol. The molecule has 0 aliphatic carbocycles. The second-order valence-electron chi connectivity index (χ2n) is 4.19. The Kier molecular flexibility index (Phi) is 4.24. The van der Waals surface area contributed by atoms with Crippen LogP contribution >= 0.6 is 0 Å². The average molecular weight is 210 g/mol. The molecule has 84 valence electrons. The first-order chi connectivity index (χ1) is 7.04. The Morgan fingerprint density at radius 1 is 1.40 bits per heavy atom. The molecule has 0 aliphatic rings. The van der Waals surface area contributed by atoms with E-state index in [0.29, 0.717) is 18.0 Å². The van der Waals surface area contributed by atoms with E-state index in [9.17, 15) is 4.39 Å². The second-order valence-corrected chi connectivity index (χ2v) is 4.19. The van der Waals surface area contributed by atoms with Crippen LogP contribution in [0.25, 0.3) is 0 Å². The summed E-state index contributed by atoms with van der Waals surface area (Å²) in [5.41, 5.74) is 13.2. The molecule has 0 aliphatic heterocycles. The third kappa shape index (κ3) is 3.29. The molecule has 2 atom stereocenters. The molecule has 1 aromatic rings. The summed E-state index contributed by atoms with van der Waals surface area (Å²) < 4.78 is 13.0. The Morgan fingerprint density at radius 3 is 2.60 bits per heavy atom. The van der Waals surface area contributed by atoms with Crippen LogP contribution in [0.5, 0.6) is 0 Å². The van der Waals surface area contributed by atoms with E-state index in [1.807, 2.05) is 6.07 Å². The maximum absolute atomic E-state index is 13.0. The number of rotatable bonds is 4. The lowest BCUT2D eigenvalue weighted by Gasteiger charge is -2.16. The number of benzene rings is 1. The Bertz CT molecular complexity index is 325. The van der Waals surface area contributed by atoms with Gasteiger partial charge in [0.2, 0.25) is 0 Å². The monoisotopic (exact) mass is 210 g/mol. The van der Waals surface area contributed by atoms with E-state index in [1.165, 1.54) is 6.07 Å². The Balaban J connectivity index is 2.73. The Morgan fingerprint density at radius 2 is 2.07 bits per heavy atom. The van der Waals surface area contributed by atoms with Crippen molar-refractivity contribution in [2.75, 3.05) is 6.54 Å². The third-order valence-corrected chi connectivity index (χ3v) is 2.67. The van der Waals surface area contributed by atoms with Crippen molar-refractivity contribution < 1.29 is 4.39 Å². The van der Waals surface area contributed by atoms with Crippen LogP contribution in [-0.4, -0.2) is 6.54 Å². The topological polar surface area (TPSA) is 52.0 Å². The van der Waals surface area contributed by atoms with Gasteiger partial charge in [-0.25, -0.2) is 4.39 Å². The Labute approximate surface area is 90.5 Å². The van der Waals surface area contributed by atoms with E-state index in [1.54, 1.807) is 13.0 Å². The van der Waals surface area contributed by atoms with Crippen LogP contribution in [0.3, 0.4) is 0 Å². The van der Waals surface area contributed by atoms with Gasteiger partial charge in [-0.2, -0.15) is 0 Å². The van der Waals surface area contributed by atoms with Crippen LogP contribution in [-0.2, 0) is 0 Å². The number of halogens is 1. The molecule has 0 spiro atoms. The molecule has 3 heteroatoms. The molecule has 0 radical (unpaired) electrons. The van der Waals surface area contributed by atoms with E-state index in [4.69, 9.17) is 11.5 Å². The number of aryl methyl sites for hydroxylation is 1. The normalized spacial score (nSPS) is 15.0. The van der Waals surface area contributed by atoms with Crippen molar-refractivity contribution in [3.63, 3.8) is 0 Å². The maximum Gasteiger partial charge on any atom is 0.126 e. The molecule has 1 rings (SSSR count). The molecule has 0 heterocycles. The number of hydrogen-bond donors (Lipinski definition) is 2. The minimum Gasteiger partial charge on any atom is -0.330 e. The van der Waals surface area contributed by atoms with Gasteiger partial charge in [0.25, 0.3) is 0 Å². The molecule has 0 bridgehead atoms. The van der Waals surface area contributed by atoms with Crippen LogP contribution in [0.2, 0.25) is 0 Å². The number of hydrogen-bond acceptors (Lipinski definition) is 2. The van der Waals surface area contributed by atoms with E-state index in [-0.39, 0.29) is 11.9 Å². The van der Waals surface area contributed by atoms with Crippen molar-refractivity contribution >= 4 is 0 Å². The SMILES string of the molecule is Cc1cc(C(N)CC(C)CN)ccc1F. The van der Waals surface area contributed by atoms with Crippen molar-refractivity contribution in [1.82, 2.24) is 0 Å². The molecular formula is C12H19FN2. The van der Waals surface area contributed by atoms with E-state index < -0.39 is 0 Å². The number of nitrogens with two attached hydrogens (primary N) is 2. The summed E-state index contributed by atoms with van der Waals surface area (Å²) in [5.74, 6) is 0.211. The molecule has 0 fully saturated rings. The van der Waals surface area contributed by atoms with Crippen LogP contribution in [0.1, 0.15) is 30.5 Å². The zero-order chi connectivity index (χ0) is 11.4. The largest absolute Gasteiger partial charge is 0.330 e. The van der Waals surface area contributed by atoms with E-state index in [2.05, 4.69) is 6.92 Å². The van der Waals surface area contributed by atoms with Crippen LogP contribution in [0.15, 0.2) is 18.2 Å². The van der Waals surface area contributed by atoms with Gasteiger partial charge >= 0.3 is 0 Å². The highest BCUT2D eigenvalue weighted by Crippen LogP contribution is 2.20. The van der Waals surface area contributed by atoms with Gasteiger partial charge in [0.05, 0.1) is 0 Å². The molecule has 1 aromatic carbocycles. The van der Waals surface area contributed by atoms with Crippen LogP contribution < -0.4 is 11.5 Å². The van der Waals surface area contributed by atoms with E-state index in [0.717, 1.165) is 12.0 Å². The van der Waals surface area contributed by atoms with Crippen LogP contribution in [0.4, 0.5) is 4.39 Å². The molecule has 4 N–H and O–H groups in total. The fourth-order valence-corrected chi connectivity index (χ4v) is 1.56. The first-order valence-corrected chi connectivity index (χ1v) is 5.26. The average Bonchev–Trinajstić information content (AvgIpc) is 2.21. The van der Waals surface area contributed by atoms with Crippen molar-refractivity contribution in [3.8, 4) is 0 Å². The summed E-state index contributed by atoms with van der Waals surface area (Å²) in [6, 6.07) is 4.97. The molecular weight excluding hydrogens is 191 g/mol. The summed E-state index contributed by atoms with van der Waals surface area (Å²) in [5, 5.41) is 0. The molecule has 2 nitrogen and oxygen atoms in total. The van der Waals surface area contributed by atoms with Crippen molar-refractivity contribution in [2.45, 2.75) is 26.3 Å². The zero-order valence-corrected chi connectivity index (χ0v) is 9.33. The van der Waals surface area contributed by atoms with Gasteiger partial charge in [-0.1, -0.05) is 19.1 Å². The minimum absolute atomic E-state index is 0.0529. The minimum atomic E-state index is -0.183. The maximum atomic E-state index is 13.0. The lowest BCUT2D eigenvalue weighted by atomic mass is 9.95. The summed E-state index contributed by atoms with van der Waals surface area (Å²) in [7, 11) is 0. The highest BCUT2D eigenvalue weighted by atomic mass is 19.1. The molecule has 0 amide bonds. The van der Waals surface area contributed by atoms with Gasteiger partial charge in [-0.15, -0.1) is 0 Å². The smallest absolute Gasteiger partial charge is 0.126 e. The van der Waals surface area contributed by atoms with Crippen LogP contribution in [0, 0.1) is 18.7 Å². The zero-order valence-electron chi connectivity index (χ0n) is 9.33. The fourth-order valence-electron chi connectivity index (χ4n) is 1.56. The molecule has 0 saturated heterocycles. The highest BCUT2D eigenvalue weighted by Gasteiger charge is 2.11. The fraction of sp³-hybridized carbons (Fsp3) is 0.500. The van der Waals surface area contributed by atoms with Crippen molar-refractivity contribution in [3.05, 3.63) is 35.1 Å². The second kappa shape index (κ2) is 5.24. The highest BCUT2D eigenvalue weighted by molar-refractivity contribution is 5.26. The summed E-state index contributed by atoms with van der Waals surface area (Å²) in [4.78, 5) is 0. The summed E-state index contributed by atoms with van der Waals surface area (Å²) in [6.07, 6.45) is 0.835. The van der Waals surface area contributed by atoms with Gasteiger partial charge in [0.15, 0.2) is 0 Å². The Hall–Kier alpha value is -0.930. The van der Waals surface area contributed by atoms with Gasteiger partial charge < -0.3 is 11.5 Å². The van der Waals surface area contributed by atoms with Gasteiger partial charge in [0, 0.05) is 6.04 Å². The molecule has 0 saturated carbocycles. The lowest BCUT2D eigenvalue weighted by molar-refractivity contribution is 0.481. The first-order valence-electron chi connectivity index (χ1n) is 5.26. The predicted octanol–water partition coefficient (Wildman–Crippen LogP) is 2.12. The first kappa shape index (κ1) is 12.1. The standard InChI is InChI=1S/C12H19FN2/c1-8(7-14)5-12(15)10-3-4-11(13)9(2)6-10/h3-4,6,8,12H,5,7,14-15H2,1-2H3. The third-order valence-electron chi connectivity index (χ3n) is 2.67. The van der Waals surface area contributed by atoms with Crippen molar-refractivity contribution in [1.29, 1.82) is 0 Å². The quantitative estimate of drug-likeness (QED) is 0.799. The summed E-state index contributed by atoms with van der Waals surface area (Å²) in [6.45, 7) is 4.45. The molecule has 15 heavy (non-hydrogen) atoms. The van der Waals surface area contributed by atoms with E-state index >= 15 is 0 Å². The summed E-state index contributed by atoms with van der Waals surface area (Å²) >= 11 is 0. The lowest BCUT2D eigenvalue weighted by Crippen LogP contribution is -2.19. The van der Waals surface area contributed by atoms with Gasteiger partial charge in [-0.3, -0.25) is 0 Å². The van der Waals surface area contributed by atoms with Gasteiger partial charge in [0.1, 0.15) is 5.82 Å². The van der Waals surface area contributed by atoms with Gasteiger partial charge in [-0.05, 0) is 43.0 Å². The molecule has 2 unspecified atom stereocenters. The van der Waals surface area contributed by atoms with Crippen molar-refractivity contribution in [2.24, 2.45) is 17.4 Å². The molecule has 0 aromatic heterocycles.